The average Bonchev–Trinajstić information content (AvgIpc) is 3.23. The largest absolute Gasteiger partial charge is 0.493 e. The molecule has 2 aromatic rings. The van der Waals surface area contributed by atoms with Crippen LogP contribution in [0.3, 0.4) is 0 Å². The minimum absolute atomic E-state index is 0.0830. The Kier molecular flexibility index (Phi) is 8.44. The quantitative estimate of drug-likeness (QED) is 0.456. The van der Waals surface area contributed by atoms with E-state index >= 15 is 0 Å². The first-order chi connectivity index (χ1) is 15.7. The van der Waals surface area contributed by atoms with Crippen LogP contribution >= 0.6 is 0 Å². The number of aryl methyl sites for hydroxylation is 1. The molecule has 3 N–H and O–H groups in total. The zero-order valence-corrected chi connectivity index (χ0v) is 20.1. The predicted molar refractivity (Wildman–Crippen MR) is 133 cm³/mol. The molecule has 2 heterocycles. The van der Waals surface area contributed by atoms with E-state index < -0.39 is 11.5 Å². The van der Waals surface area contributed by atoms with Crippen LogP contribution in [0.2, 0.25) is 0 Å². The van der Waals surface area contributed by atoms with E-state index in [9.17, 15) is 9.90 Å². The van der Waals surface area contributed by atoms with Crippen LogP contribution in [0, 0.1) is 5.41 Å². The fourth-order valence-electron chi connectivity index (χ4n) is 3.52. The molecule has 178 valence electrons. The van der Waals surface area contributed by atoms with Crippen LogP contribution < -0.4 is 15.4 Å². The summed E-state index contributed by atoms with van der Waals surface area (Å²) >= 11 is 0. The normalized spacial score (nSPS) is 14.1. The third kappa shape index (κ3) is 7.56. The summed E-state index contributed by atoms with van der Waals surface area (Å²) in [6, 6.07) is 7.97. The number of anilines is 2. The van der Waals surface area contributed by atoms with Gasteiger partial charge in [-0.25, -0.2) is 4.98 Å². The molecule has 1 aliphatic rings. The van der Waals surface area contributed by atoms with Crippen LogP contribution in [-0.2, 0) is 17.6 Å². The Bertz CT molecular complexity index is 982. The highest BCUT2D eigenvalue weighted by molar-refractivity contribution is 5.93. The van der Waals surface area contributed by atoms with Crippen LogP contribution in [-0.4, -0.2) is 40.2 Å². The van der Waals surface area contributed by atoms with Gasteiger partial charge in [-0.05, 0) is 49.4 Å². The number of unbranched alkanes of at least 4 members (excludes halogenated alkanes) is 1. The van der Waals surface area contributed by atoms with Gasteiger partial charge in [0.15, 0.2) is 0 Å². The van der Waals surface area contributed by atoms with Crippen molar-refractivity contribution in [2.24, 2.45) is 5.41 Å². The summed E-state index contributed by atoms with van der Waals surface area (Å²) in [6.45, 7) is 9.04. The molecule has 0 saturated carbocycles. The molecule has 0 spiro atoms. The Morgan fingerprint density at radius 1 is 1.24 bits per heavy atom. The highest BCUT2D eigenvalue weighted by atomic mass is 16.5. The summed E-state index contributed by atoms with van der Waals surface area (Å²) in [4.78, 5) is 21.3. The zero-order chi connectivity index (χ0) is 23.8. The Hall–Kier alpha value is -2.93. The van der Waals surface area contributed by atoms with Crippen molar-refractivity contribution in [3.63, 3.8) is 0 Å². The number of benzene rings is 1. The highest BCUT2D eigenvalue weighted by Crippen LogP contribution is 2.26. The molecule has 1 atom stereocenters. The molecule has 33 heavy (non-hydrogen) atoms. The van der Waals surface area contributed by atoms with Gasteiger partial charge in [-0.2, -0.15) is 4.98 Å². The summed E-state index contributed by atoms with van der Waals surface area (Å²) in [6.07, 6.45) is 7.47. The first-order valence-electron chi connectivity index (χ1n) is 11.8. The van der Waals surface area contributed by atoms with E-state index in [1.54, 1.807) is 0 Å². The molecule has 1 aliphatic heterocycles. The second-order valence-electron chi connectivity index (χ2n) is 9.44. The number of aromatic nitrogens is 2. The second kappa shape index (κ2) is 11.3. The van der Waals surface area contributed by atoms with E-state index in [1.165, 1.54) is 5.56 Å². The summed E-state index contributed by atoms with van der Waals surface area (Å²) in [5, 5.41) is 16.4. The summed E-state index contributed by atoms with van der Waals surface area (Å²) in [7, 11) is 0. The van der Waals surface area contributed by atoms with Crippen molar-refractivity contribution in [1.29, 1.82) is 0 Å². The molecule has 1 aromatic carbocycles. The van der Waals surface area contributed by atoms with Gasteiger partial charge in [0, 0.05) is 30.1 Å². The van der Waals surface area contributed by atoms with Gasteiger partial charge in [-0.15, -0.1) is 0 Å². The van der Waals surface area contributed by atoms with Crippen molar-refractivity contribution >= 4 is 23.7 Å². The van der Waals surface area contributed by atoms with Crippen LogP contribution in [0.25, 0.3) is 6.08 Å². The number of aliphatic hydroxyl groups is 1. The number of carbonyl (C=O) groups is 1. The maximum absolute atomic E-state index is 12.3. The van der Waals surface area contributed by atoms with Crippen LogP contribution in [0.15, 0.2) is 30.3 Å². The monoisotopic (exact) mass is 452 g/mol. The van der Waals surface area contributed by atoms with Gasteiger partial charge < -0.3 is 20.5 Å². The molecule has 3 rings (SSSR count). The lowest BCUT2D eigenvalue weighted by atomic mass is 9.96. The minimum atomic E-state index is -0.499. The Morgan fingerprint density at radius 2 is 2.06 bits per heavy atom. The molecular weight excluding hydrogens is 416 g/mol. The maximum Gasteiger partial charge on any atom is 0.230 e. The fourth-order valence-corrected chi connectivity index (χ4v) is 3.52. The van der Waals surface area contributed by atoms with Crippen molar-refractivity contribution in [3.05, 3.63) is 47.2 Å². The Morgan fingerprint density at radius 3 is 2.82 bits per heavy atom. The lowest BCUT2D eigenvalue weighted by Crippen LogP contribution is -2.28. The molecule has 0 saturated heterocycles. The van der Waals surface area contributed by atoms with Crippen LogP contribution in [0.4, 0.5) is 11.8 Å². The van der Waals surface area contributed by atoms with Gasteiger partial charge in [-0.1, -0.05) is 45.4 Å². The van der Waals surface area contributed by atoms with Crippen molar-refractivity contribution in [2.75, 3.05) is 23.8 Å². The van der Waals surface area contributed by atoms with Crippen LogP contribution in [0.1, 0.15) is 63.8 Å². The van der Waals surface area contributed by atoms with Gasteiger partial charge in [0.1, 0.15) is 11.6 Å². The molecule has 0 bridgehead atoms. The number of rotatable bonds is 10. The standard InChI is InChI=1S/C26H36N4O3/c1-5-27-25-28-20(17-23(30-25)29-24(32)26(2,3)4)8-6-7-9-21(31)12-10-18-11-13-22-19(16-18)14-15-33-22/h10-13,16-17,21,31H,5-9,14-15H2,1-4H3,(H2,27,28,29,30,32)/b12-10+. The lowest BCUT2D eigenvalue weighted by Gasteiger charge is -2.18. The zero-order valence-electron chi connectivity index (χ0n) is 20.1. The molecule has 7 nitrogen and oxygen atoms in total. The predicted octanol–water partition coefficient (Wildman–Crippen LogP) is 4.62. The van der Waals surface area contributed by atoms with Gasteiger partial charge >= 0.3 is 0 Å². The number of hydrogen-bond acceptors (Lipinski definition) is 6. The van der Waals surface area contributed by atoms with E-state index in [1.807, 2.05) is 58.0 Å². The Balaban J connectivity index is 1.50. The number of aliphatic hydroxyl groups excluding tert-OH is 1. The summed E-state index contributed by atoms with van der Waals surface area (Å²) < 4.78 is 5.54. The molecule has 0 fully saturated rings. The number of carbonyl (C=O) groups excluding carboxylic acids is 1. The van der Waals surface area contributed by atoms with E-state index in [0.29, 0.717) is 24.7 Å². The molecule has 0 radical (unpaired) electrons. The smallest absolute Gasteiger partial charge is 0.230 e. The average molecular weight is 453 g/mol. The van der Waals surface area contributed by atoms with E-state index in [4.69, 9.17) is 4.74 Å². The SMILES string of the molecule is CCNc1nc(CCCCC(O)/C=C/c2ccc3c(c2)CCO3)cc(NC(=O)C(C)(C)C)n1. The molecule has 1 aromatic heterocycles. The first-order valence-corrected chi connectivity index (χ1v) is 11.8. The molecule has 0 aliphatic carbocycles. The topological polar surface area (TPSA) is 96.4 Å². The summed E-state index contributed by atoms with van der Waals surface area (Å²) in [5.41, 5.74) is 2.68. The number of ether oxygens (including phenoxy) is 1. The minimum Gasteiger partial charge on any atom is -0.493 e. The number of fused-ring (bicyclic) bond motifs is 1. The van der Waals surface area contributed by atoms with Gasteiger partial charge in [0.25, 0.3) is 0 Å². The number of nitrogens with zero attached hydrogens (tertiary/aromatic N) is 2. The van der Waals surface area contributed by atoms with Crippen molar-refractivity contribution < 1.29 is 14.6 Å². The molecule has 7 heteroatoms. The van der Waals surface area contributed by atoms with E-state index in [2.05, 4.69) is 26.7 Å². The number of nitrogens with one attached hydrogen (secondary N) is 2. The van der Waals surface area contributed by atoms with Crippen molar-refractivity contribution in [2.45, 2.75) is 65.9 Å². The van der Waals surface area contributed by atoms with Gasteiger partial charge in [0.05, 0.1) is 12.7 Å². The maximum atomic E-state index is 12.3. The van der Waals surface area contributed by atoms with Crippen LogP contribution in [0.5, 0.6) is 5.75 Å². The molecular formula is C26H36N4O3. The van der Waals surface area contributed by atoms with Crippen molar-refractivity contribution in [1.82, 2.24) is 9.97 Å². The number of hydrogen-bond donors (Lipinski definition) is 3. The second-order valence-corrected chi connectivity index (χ2v) is 9.44. The summed E-state index contributed by atoms with van der Waals surface area (Å²) in [5.74, 6) is 1.91. The molecule has 1 unspecified atom stereocenters. The Labute approximate surface area is 196 Å². The van der Waals surface area contributed by atoms with Gasteiger partial charge in [0.2, 0.25) is 11.9 Å². The number of amides is 1. The first kappa shape index (κ1) is 24.7. The lowest BCUT2D eigenvalue weighted by molar-refractivity contribution is -0.123. The van der Waals surface area contributed by atoms with E-state index in [0.717, 1.165) is 49.3 Å². The third-order valence-corrected chi connectivity index (χ3v) is 5.44. The highest BCUT2D eigenvalue weighted by Gasteiger charge is 2.22. The van der Waals surface area contributed by atoms with Crippen molar-refractivity contribution in [3.8, 4) is 5.75 Å². The third-order valence-electron chi connectivity index (χ3n) is 5.44. The van der Waals surface area contributed by atoms with E-state index in [-0.39, 0.29) is 5.91 Å². The fraction of sp³-hybridized carbons (Fsp3) is 0.500. The van der Waals surface area contributed by atoms with Gasteiger partial charge in [-0.3, -0.25) is 4.79 Å². The molecule has 1 amide bonds.